The van der Waals surface area contributed by atoms with Crippen molar-refractivity contribution in [2.24, 2.45) is 0 Å². The van der Waals surface area contributed by atoms with Crippen LogP contribution < -0.4 is 15.3 Å². The maximum atomic E-state index is 9.30. The van der Waals surface area contributed by atoms with Crippen molar-refractivity contribution in [1.82, 2.24) is 0 Å². The molecule has 0 aliphatic rings. The molecule has 13 heavy (non-hydrogen) atoms. The van der Waals surface area contributed by atoms with Crippen molar-refractivity contribution in [3.05, 3.63) is 0 Å². The first-order valence-corrected chi connectivity index (χ1v) is 4.49. The first-order valence-electron chi connectivity index (χ1n) is 4.49. The van der Waals surface area contributed by atoms with E-state index in [2.05, 4.69) is 0 Å². The molecule has 0 atom stereocenters. The van der Waals surface area contributed by atoms with E-state index < -0.39 is 0 Å². The van der Waals surface area contributed by atoms with Crippen molar-refractivity contribution in [2.75, 3.05) is 19.8 Å². The molecule has 0 bridgehead atoms. The van der Waals surface area contributed by atoms with Crippen molar-refractivity contribution in [1.29, 1.82) is 0 Å². The summed E-state index contributed by atoms with van der Waals surface area (Å²) in [6, 6.07) is 0. The summed E-state index contributed by atoms with van der Waals surface area (Å²) >= 11 is 0. The molecule has 3 nitrogen and oxygen atoms in total. The van der Waals surface area contributed by atoms with Crippen LogP contribution in [0.2, 0.25) is 0 Å². The van der Waals surface area contributed by atoms with E-state index in [0.717, 1.165) is 19.3 Å². The van der Waals surface area contributed by atoms with Crippen molar-refractivity contribution in [3.8, 4) is 0 Å². The number of hydrogen-bond donors (Lipinski definition) is 0. The van der Waals surface area contributed by atoms with E-state index in [-0.39, 0.29) is 28.2 Å². The summed E-state index contributed by atoms with van der Waals surface area (Å²) in [6.07, 6.45) is 2.29. The number of hydrogen-bond acceptors (Lipinski definition) is 3. The SMILES string of the molecule is CCC[O-].CCC[O-].CCC[O-].[B+3]. The van der Waals surface area contributed by atoms with E-state index in [1.807, 2.05) is 20.8 Å². The summed E-state index contributed by atoms with van der Waals surface area (Å²) in [6.45, 7) is 5.81. The fourth-order valence-corrected chi connectivity index (χ4v) is 0. The van der Waals surface area contributed by atoms with Gasteiger partial charge in [0.15, 0.2) is 0 Å². The second-order valence-corrected chi connectivity index (χ2v) is 2.11. The molecule has 0 saturated carbocycles. The van der Waals surface area contributed by atoms with Gasteiger partial charge < -0.3 is 15.3 Å². The van der Waals surface area contributed by atoms with E-state index in [1.165, 1.54) is 0 Å². The Balaban J connectivity index is -0.0000000450. The normalized spacial score (nSPS) is 6.92. The Morgan fingerprint density at radius 3 is 0.692 bits per heavy atom. The molecule has 0 spiro atoms. The van der Waals surface area contributed by atoms with Crippen molar-refractivity contribution < 1.29 is 15.3 Å². The molecule has 0 saturated heterocycles. The maximum absolute atomic E-state index is 9.30. The minimum atomic E-state index is 0. The first-order chi connectivity index (χ1) is 5.74. The van der Waals surface area contributed by atoms with Crippen LogP contribution in [0.15, 0.2) is 0 Å². The Labute approximate surface area is 84.4 Å². The molecule has 0 radical (unpaired) electrons. The molecule has 0 amide bonds. The van der Waals surface area contributed by atoms with Crippen LogP contribution in [0.4, 0.5) is 0 Å². The second kappa shape index (κ2) is 40.5. The van der Waals surface area contributed by atoms with Crippen LogP contribution in [0, 0.1) is 0 Å². The molecular formula is C9H21BO3. The van der Waals surface area contributed by atoms with E-state index in [4.69, 9.17) is 0 Å². The van der Waals surface area contributed by atoms with Gasteiger partial charge in [-0.05, 0) is 0 Å². The van der Waals surface area contributed by atoms with Crippen LogP contribution in [0.3, 0.4) is 0 Å². The topological polar surface area (TPSA) is 69.2 Å². The monoisotopic (exact) mass is 188 g/mol. The van der Waals surface area contributed by atoms with Crippen LogP contribution in [0.25, 0.3) is 0 Å². The Morgan fingerprint density at radius 2 is 0.692 bits per heavy atom. The Morgan fingerprint density at radius 1 is 0.615 bits per heavy atom. The van der Waals surface area contributed by atoms with Gasteiger partial charge in [-0.25, -0.2) is 0 Å². The zero-order chi connectivity index (χ0) is 10.2. The zero-order valence-corrected chi connectivity index (χ0v) is 9.04. The summed E-state index contributed by atoms with van der Waals surface area (Å²) < 4.78 is 0. The number of rotatable bonds is 3. The Kier molecular flexibility index (Phi) is 71.9. The molecule has 0 aromatic heterocycles. The molecule has 0 rings (SSSR count). The summed E-state index contributed by atoms with van der Waals surface area (Å²) in [5.41, 5.74) is 0. The standard InChI is InChI=1S/3C3H7O.B/c3*1-2-3-4;/h3*2-3H2,1H3;/q3*-1;+3. The van der Waals surface area contributed by atoms with E-state index in [0.29, 0.717) is 0 Å². The average Bonchev–Trinajstić information content (AvgIpc) is 2.18. The fraction of sp³-hybridized carbons (Fsp3) is 1.00. The smallest absolute Gasteiger partial charge is 0.854 e. The van der Waals surface area contributed by atoms with Gasteiger partial charge >= 0.3 is 8.41 Å². The largest absolute Gasteiger partial charge is 3.00 e. The van der Waals surface area contributed by atoms with Crippen LogP contribution in [-0.4, -0.2) is 28.2 Å². The predicted molar refractivity (Wildman–Crippen MR) is 51.2 cm³/mol. The van der Waals surface area contributed by atoms with Gasteiger partial charge in [0.2, 0.25) is 0 Å². The molecule has 4 heteroatoms. The van der Waals surface area contributed by atoms with Gasteiger partial charge in [-0.2, -0.15) is 0 Å². The molecule has 78 valence electrons. The second-order valence-electron chi connectivity index (χ2n) is 2.11. The summed E-state index contributed by atoms with van der Waals surface area (Å²) in [7, 11) is 0. The minimum Gasteiger partial charge on any atom is -0.854 e. The zero-order valence-electron chi connectivity index (χ0n) is 9.04. The van der Waals surface area contributed by atoms with Crippen LogP contribution >= 0.6 is 0 Å². The minimum absolute atomic E-state index is 0. The molecule has 0 heterocycles. The van der Waals surface area contributed by atoms with Gasteiger partial charge in [0.25, 0.3) is 0 Å². The summed E-state index contributed by atoms with van der Waals surface area (Å²) in [5, 5.41) is 27.9. The molecule has 0 aromatic rings. The molecular weight excluding hydrogens is 167 g/mol. The van der Waals surface area contributed by atoms with E-state index in [1.54, 1.807) is 0 Å². The van der Waals surface area contributed by atoms with Gasteiger partial charge in [0, 0.05) is 0 Å². The fourth-order valence-electron chi connectivity index (χ4n) is 0. The third kappa shape index (κ3) is 136. The average molecular weight is 188 g/mol. The van der Waals surface area contributed by atoms with Gasteiger partial charge in [-0.1, -0.05) is 40.0 Å². The molecule has 0 fully saturated rings. The summed E-state index contributed by atoms with van der Waals surface area (Å²) in [4.78, 5) is 0. The van der Waals surface area contributed by atoms with Crippen molar-refractivity contribution in [3.63, 3.8) is 0 Å². The Bertz CT molecular complexity index is 30.3. The van der Waals surface area contributed by atoms with Gasteiger partial charge in [0.1, 0.15) is 0 Å². The molecule has 0 aromatic carbocycles. The maximum Gasteiger partial charge on any atom is 3.00 e. The van der Waals surface area contributed by atoms with E-state index >= 15 is 0 Å². The quantitative estimate of drug-likeness (QED) is 0.527. The van der Waals surface area contributed by atoms with Gasteiger partial charge in [-0.15, -0.1) is 19.8 Å². The third-order valence-electron chi connectivity index (χ3n) is 0.612. The van der Waals surface area contributed by atoms with Crippen LogP contribution in [-0.2, 0) is 0 Å². The van der Waals surface area contributed by atoms with Crippen molar-refractivity contribution >= 4 is 8.41 Å². The molecule has 0 aliphatic heterocycles. The Hall–Kier alpha value is -0.0551. The van der Waals surface area contributed by atoms with Crippen LogP contribution in [0.1, 0.15) is 40.0 Å². The molecule has 0 N–H and O–H groups in total. The van der Waals surface area contributed by atoms with Gasteiger partial charge in [0.05, 0.1) is 0 Å². The first kappa shape index (κ1) is 23.1. The van der Waals surface area contributed by atoms with Gasteiger partial charge in [-0.3, -0.25) is 0 Å². The van der Waals surface area contributed by atoms with Crippen molar-refractivity contribution in [2.45, 2.75) is 40.0 Å². The predicted octanol–water partition coefficient (Wildman–Crippen LogP) is -1.11. The summed E-state index contributed by atoms with van der Waals surface area (Å²) in [5.74, 6) is 0. The van der Waals surface area contributed by atoms with Crippen LogP contribution in [0.5, 0.6) is 0 Å². The van der Waals surface area contributed by atoms with E-state index in [9.17, 15) is 15.3 Å². The third-order valence-corrected chi connectivity index (χ3v) is 0.612. The molecule has 0 aliphatic carbocycles. The molecule has 0 unspecified atom stereocenters.